The van der Waals surface area contributed by atoms with Gasteiger partial charge >= 0.3 is 0 Å². The van der Waals surface area contributed by atoms with Gasteiger partial charge in [-0.25, -0.2) is 0 Å². The van der Waals surface area contributed by atoms with Gasteiger partial charge in [0.2, 0.25) is 0 Å². The van der Waals surface area contributed by atoms with Crippen molar-refractivity contribution in [2.24, 2.45) is 5.73 Å². The molecule has 0 radical (unpaired) electrons. The average Bonchev–Trinajstić information content (AvgIpc) is 2.93. The lowest BCUT2D eigenvalue weighted by Gasteiger charge is -2.23. The minimum atomic E-state index is -0.393. The van der Waals surface area contributed by atoms with E-state index in [0.29, 0.717) is 21.6 Å². The number of hydrogen-bond acceptors (Lipinski definition) is 3. The lowest BCUT2D eigenvalue weighted by atomic mass is 10.1. The summed E-state index contributed by atoms with van der Waals surface area (Å²) in [6.07, 6.45) is 1.95. The normalized spacial score (nSPS) is 14.1. The predicted octanol–water partition coefficient (Wildman–Crippen LogP) is 4.44. The summed E-state index contributed by atoms with van der Waals surface area (Å²) >= 11 is 12.1. The first-order chi connectivity index (χ1) is 9.13. The van der Waals surface area contributed by atoms with Gasteiger partial charge in [0.05, 0.1) is 11.3 Å². The van der Waals surface area contributed by atoms with Crippen LogP contribution in [0, 0.1) is 0 Å². The molecule has 0 amide bonds. The summed E-state index contributed by atoms with van der Waals surface area (Å²) in [5, 5.41) is 0.825. The predicted molar refractivity (Wildman–Crippen MR) is 76.8 cm³/mol. The first-order valence-electron chi connectivity index (χ1n) is 6.03. The number of benzene rings is 1. The lowest BCUT2D eigenvalue weighted by Crippen LogP contribution is -2.31. The largest absolute Gasteiger partial charge is 0.479 e. The van der Waals surface area contributed by atoms with E-state index in [2.05, 4.69) is 0 Å². The molecule has 1 aromatic heterocycles. The Labute approximate surface area is 122 Å². The zero-order chi connectivity index (χ0) is 13.8. The minimum Gasteiger partial charge on any atom is -0.479 e. The first-order valence-corrected chi connectivity index (χ1v) is 6.78. The Hall–Kier alpha value is -1.16. The van der Waals surface area contributed by atoms with E-state index in [0.717, 1.165) is 6.42 Å². The highest BCUT2D eigenvalue weighted by atomic mass is 35.5. The molecule has 1 heterocycles. The summed E-state index contributed by atoms with van der Waals surface area (Å²) in [4.78, 5) is 0. The van der Waals surface area contributed by atoms with Gasteiger partial charge in [0.15, 0.2) is 6.10 Å². The van der Waals surface area contributed by atoms with Gasteiger partial charge in [-0.05, 0) is 30.7 Å². The second-order valence-electron chi connectivity index (χ2n) is 4.18. The van der Waals surface area contributed by atoms with Crippen LogP contribution in [0.3, 0.4) is 0 Å². The molecule has 2 atom stereocenters. The number of ether oxygens (including phenoxy) is 1. The zero-order valence-electron chi connectivity index (χ0n) is 10.5. The zero-order valence-corrected chi connectivity index (χ0v) is 12.0. The van der Waals surface area contributed by atoms with Crippen LogP contribution in [0.25, 0.3) is 0 Å². The molecule has 0 aliphatic heterocycles. The Balaban J connectivity index is 2.28. The smallest absolute Gasteiger partial charge is 0.171 e. The monoisotopic (exact) mass is 299 g/mol. The van der Waals surface area contributed by atoms with Crippen molar-refractivity contribution in [2.75, 3.05) is 0 Å². The third-order valence-corrected chi connectivity index (χ3v) is 3.66. The van der Waals surface area contributed by atoms with Crippen LogP contribution >= 0.6 is 23.2 Å². The molecule has 2 unspecified atom stereocenters. The van der Waals surface area contributed by atoms with Crippen molar-refractivity contribution in [2.45, 2.75) is 25.5 Å². The highest BCUT2D eigenvalue weighted by molar-refractivity contribution is 6.42. The molecule has 0 bridgehead atoms. The van der Waals surface area contributed by atoms with Gasteiger partial charge in [0, 0.05) is 6.04 Å². The molecule has 1 aromatic carbocycles. The van der Waals surface area contributed by atoms with E-state index in [-0.39, 0.29) is 6.04 Å². The Morgan fingerprint density at radius 3 is 2.68 bits per heavy atom. The molecule has 2 rings (SSSR count). The van der Waals surface area contributed by atoms with Crippen molar-refractivity contribution in [3.8, 4) is 5.75 Å². The van der Waals surface area contributed by atoms with Crippen LogP contribution in [-0.4, -0.2) is 6.04 Å². The summed E-state index contributed by atoms with van der Waals surface area (Å²) in [7, 11) is 0. The molecule has 5 heteroatoms. The number of halogens is 2. The third-order valence-electron chi connectivity index (χ3n) is 2.85. The van der Waals surface area contributed by atoms with E-state index in [1.165, 1.54) is 0 Å². The van der Waals surface area contributed by atoms with Crippen molar-refractivity contribution < 1.29 is 9.15 Å². The van der Waals surface area contributed by atoms with Gasteiger partial charge in [-0.3, -0.25) is 0 Å². The summed E-state index contributed by atoms with van der Waals surface area (Å²) in [6, 6.07) is 8.68. The van der Waals surface area contributed by atoms with E-state index in [1.54, 1.807) is 30.5 Å². The highest BCUT2D eigenvalue weighted by Gasteiger charge is 2.24. The van der Waals surface area contributed by atoms with Crippen LogP contribution in [0.4, 0.5) is 0 Å². The molecule has 2 aromatic rings. The summed E-state index contributed by atoms with van der Waals surface area (Å²) in [5.74, 6) is 1.17. The van der Waals surface area contributed by atoms with Crippen molar-refractivity contribution in [3.63, 3.8) is 0 Å². The van der Waals surface area contributed by atoms with E-state index in [1.807, 2.05) is 13.0 Å². The molecule has 0 fully saturated rings. The van der Waals surface area contributed by atoms with E-state index < -0.39 is 6.10 Å². The van der Waals surface area contributed by atoms with Crippen molar-refractivity contribution in [1.29, 1.82) is 0 Å². The average molecular weight is 300 g/mol. The Morgan fingerprint density at radius 2 is 2.05 bits per heavy atom. The fraction of sp³-hybridized carbons (Fsp3) is 0.286. The molecule has 3 nitrogen and oxygen atoms in total. The summed E-state index contributed by atoms with van der Waals surface area (Å²) < 4.78 is 11.3. The van der Waals surface area contributed by atoms with Crippen LogP contribution in [-0.2, 0) is 0 Å². The lowest BCUT2D eigenvalue weighted by molar-refractivity contribution is 0.145. The van der Waals surface area contributed by atoms with Gasteiger partial charge in [-0.15, -0.1) is 0 Å². The molecule has 102 valence electrons. The van der Waals surface area contributed by atoms with Crippen molar-refractivity contribution >= 4 is 23.2 Å². The van der Waals surface area contributed by atoms with Crippen LogP contribution in [0.2, 0.25) is 10.0 Å². The number of furan rings is 1. The van der Waals surface area contributed by atoms with Crippen molar-refractivity contribution in [3.05, 3.63) is 52.4 Å². The van der Waals surface area contributed by atoms with E-state index in [4.69, 9.17) is 38.1 Å². The molecule has 2 N–H and O–H groups in total. The third kappa shape index (κ3) is 3.24. The van der Waals surface area contributed by atoms with Crippen LogP contribution < -0.4 is 10.5 Å². The quantitative estimate of drug-likeness (QED) is 0.887. The molecule has 0 aliphatic carbocycles. The van der Waals surface area contributed by atoms with Gasteiger partial charge in [0.25, 0.3) is 0 Å². The molecule has 19 heavy (non-hydrogen) atoms. The summed E-state index contributed by atoms with van der Waals surface area (Å²) in [5.41, 5.74) is 6.08. The Bertz CT molecular complexity index is 528. The molecule has 0 saturated heterocycles. The maximum Gasteiger partial charge on any atom is 0.171 e. The van der Waals surface area contributed by atoms with Crippen LogP contribution in [0.1, 0.15) is 25.2 Å². The topological polar surface area (TPSA) is 48.4 Å². The standard InChI is InChI=1S/C14H15Cl2NO2/c1-2-10(17)14(12-7-4-8-18-12)19-11-6-3-5-9(15)13(11)16/h3-8,10,14H,2,17H2,1H3. The second kappa shape index (κ2) is 6.33. The SMILES string of the molecule is CCC(N)C(Oc1cccc(Cl)c1Cl)c1ccco1. The van der Waals surface area contributed by atoms with Crippen molar-refractivity contribution in [1.82, 2.24) is 0 Å². The number of nitrogens with two attached hydrogens (primary N) is 1. The Kier molecular flexibility index (Phi) is 4.75. The van der Waals surface area contributed by atoms with Gasteiger partial charge in [-0.2, -0.15) is 0 Å². The van der Waals surface area contributed by atoms with Crippen LogP contribution in [0.5, 0.6) is 5.75 Å². The fourth-order valence-electron chi connectivity index (χ4n) is 1.74. The Morgan fingerprint density at radius 1 is 1.26 bits per heavy atom. The summed E-state index contributed by atoms with van der Waals surface area (Å²) in [6.45, 7) is 1.99. The number of rotatable bonds is 5. The van der Waals surface area contributed by atoms with Gasteiger partial charge < -0.3 is 14.9 Å². The molecular formula is C14H15Cl2NO2. The molecule has 0 spiro atoms. The molecule has 0 aliphatic rings. The van der Waals surface area contributed by atoms with Gasteiger partial charge in [0.1, 0.15) is 16.5 Å². The fourth-order valence-corrected chi connectivity index (χ4v) is 2.07. The van der Waals surface area contributed by atoms with Crippen LogP contribution in [0.15, 0.2) is 41.0 Å². The minimum absolute atomic E-state index is 0.193. The number of hydrogen-bond donors (Lipinski definition) is 1. The van der Waals surface area contributed by atoms with Gasteiger partial charge in [-0.1, -0.05) is 36.2 Å². The molecule has 0 saturated carbocycles. The van der Waals surface area contributed by atoms with E-state index in [9.17, 15) is 0 Å². The van der Waals surface area contributed by atoms with E-state index >= 15 is 0 Å². The maximum atomic E-state index is 6.12. The maximum absolute atomic E-state index is 6.12. The second-order valence-corrected chi connectivity index (χ2v) is 4.96. The molecular weight excluding hydrogens is 285 g/mol. The first kappa shape index (κ1) is 14.3. The highest BCUT2D eigenvalue weighted by Crippen LogP contribution is 2.35.